The van der Waals surface area contributed by atoms with Crippen molar-refractivity contribution in [2.75, 3.05) is 0 Å². The molecule has 2 aromatic heterocycles. The molecule has 0 saturated heterocycles. The Kier molecular flexibility index (Phi) is 1.70. The van der Waals surface area contributed by atoms with E-state index in [9.17, 15) is 9.59 Å². The fourth-order valence-electron chi connectivity index (χ4n) is 1.20. The van der Waals surface area contributed by atoms with Crippen LogP contribution in [-0.4, -0.2) is 19.7 Å². The van der Waals surface area contributed by atoms with Gasteiger partial charge in [-0.3, -0.25) is 14.3 Å². The molecule has 0 spiro atoms. The lowest BCUT2D eigenvalue weighted by molar-refractivity contribution is 0.786. The van der Waals surface area contributed by atoms with Gasteiger partial charge in [-0.1, -0.05) is 0 Å². The van der Waals surface area contributed by atoms with Crippen LogP contribution in [0.3, 0.4) is 0 Å². The number of hydrogen-bond donors (Lipinski definition) is 1. The van der Waals surface area contributed by atoms with Crippen molar-refractivity contribution in [2.45, 2.75) is 6.92 Å². The summed E-state index contributed by atoms with van der Waals surface area (Å²) in [4.78, 5) is 25.2. The predicted octanol–water partition coefficient (Wildman–Crippen LogP) is -0.675. The van der Waals surface area contributed by atoms with Crippen LogP contribution in [0.1, 0.15) is 5.69 Å². The Bertz CT molecular complexity index is 611. The summed E-state index contributed by atoms with van der Waals surface area (Å²) >= 11 is 0. The molecule has 0 atom stereocenters. The number of fused-ring (bicyclic) bond motifs is 1. The van der Waals surface area contributed by atoms with E-state index in [1.54, 1.807) is 13.0 Å². The number of hydrogen-bond acceptors (Lipinski definition) is 4. The van der Waals surface area contributed by atoms with Crippen molar-refractivity contribution < 1.29 is 0 Å². The molecule has 6 nitrogen and oxygen atoms in total. The second kappa shape index (κ2) is 2.76. The first-order chi connectivity index (χ1) is 6.59. The molecular formula is C8H8N4O2. The zero-order valence-electron chi connectivity index (χ0n) is 7.74. The van der Waals surface area contributed by atoms with Crippen molar-refractivity contribution in [1.29, 1.82) is 0 Å². The second-order valence-corrected chi connectivity index (χ2v) is 3.04. The van der Waals surface area contributed by atoms with E-state index in [2.05, 4.69) is 15.2 Å². The third-order valence-corrected chi connectivity index (χ3v) is 1.98. The van der Waals surface area contributed by atoms with Gasteiger partial charge in [-0.15, -0.1) is 5.10 Å². The van der Waals surface area contributed by atoms with E-state index in [-0.39, 0.29) is 11.2 Å². The van der Waals surface area contributed by atoms with Crippen LogP contribution in [0, 0.1) is 6.92 Å². The molecule has 0 aromatic carbocycles. The fraction of sp³-hybridized carbons (Fsp3) is 0.250. The van der Waals surface area contributed by atoms with E-state index < -0.39 is 5.69 Å². The van der Waals surface area contributed by atoms with Crippen molar-refractivity contribution in [1.82, 2.24) is 19.7 Å². The highest BCUT2D eigenvalue weighted by atomic mass is 16.2. The Morgan fingerprint density at radius 2 is 2.07 bits per heavy atom. The smallest absolute Gasteiger partial charge is 0.290 e. The van der Waals surface area contributed by atoms with Gasteiger partial charge in [0, 0.05) is 7.05 Å². The number of nitrogens with zero attached hydrogens (tertiary/aromatic N) is 3. The Labute approximate surface area is 78.2 Å². The first-order valence-corrected chi connectivity index (χ1v) is 4.03. The first kappa shape index (κ1) is 8.61. The second-order valence-electron chi connectivity index (χ2n) is 3.04. The quantitative estimate of drug-likeness (QED) is 0.600. The van der Waals surface area contributed by atoms with Gasteiger partial charge in [0.15, 0.2) is 5.65 Å². The molecule has 0 unspecified atom stereocenters. The summed E-state index contributed by atoms with van der Waals surface area (Å²) in [7, 11) is 1.41. The zero-order valence-corrected chi connectivity index (χ0v) is 7.74. The number of H-pyrrole nitrogens is 1. The SMILES string of the molecule is Cc1cc2c(=O)n(C)c(=O)[nH]c2nn1. The molecule has 2 heterocycles. The normalized spacial score (nSPS) is 10.7. The average molecular weight is 192 g/mol. The molecule has 0 amide bonds. The van der Waals surface area contributed by atoms with Crippen LogP contribution in [-0.2, 0) is 7.05 Å². The first-order valence-electron chi connectivity index (χ1n) is 4.03. The lowest BCUT2D eigenvalue weighted by Crippen LogP contribution is -2.32. The van der Waals surface area contributed by atoms with Gasteiger partial charge in [-0.2, -0.15) is 5.10 Å². The van der Waals surface area contributed by atoms with Gasteiger partial charge >= 0.3 is 5.69 Å². The number of rotatable bonds is 0. The van der Waals surface area contributed by atoms with E-state index in [1.807, 2.05) is 0 Å². The number of aryl methyl sites for hydroxylation is 1. The van der Waals surface area contributed by atoms with E-state index in [1.165, 1.54) is 7.05 Å². The van der Waals surface area contributed by atoms with E-state index in [0.29, 0.717) is 11.1 Å². The van der Waals surface area contributed by atoms with E-state index in [4.69, 9.17) is 0 Å². The monoisotopic (exact) mass is 192 g/mol. The summed E-state index contributed by atoms with van der Waals surface area (Å²) in [5, 5.41) is 7.85. The highest BCUT2D eigenvalue weighted by molar-refractivity contribution is 5.72. The molecule has 14 heavy (non-hydrogen) atoms. The van der Waals surface area contributed by atoms with Crippen LogP contribution in [0.2, 0.25) is 0 Å². The van der Waals surface area contributed by atoms with Gasteiger partial charge in [0.05, 0.1) is 11.1 Å². The van der Waals surface area contributed by atoms with Gasteiger partial charge in [-0.05, 0) is 13.0 Å². The molecule has 0 aliphatic carbocycles. The zero-order chi connectivity index (χ0) is 10.3. The topological polar surface area (TPSA) is 80.6 Å². The minimum Gasteiger partial charge on any atom is -0.290 e. The van der Waals surface area contributed by atoms with Gasteiger partial charge < -0.3 is 0 Å². The Morgan fingerprint density at radius 3 is 2.79 bits per heavy atom. The predicted molar refractivity (Wildman–Crippen MR) is 50.1 cm³/mol. The van der Waals surface area contributed by atoms with Crippen molar-refractivity contribution in [3.05, 3.63) is 32.6 Å². The highest BCUT2D eigenvalue weighted by Gasteiger charge is 2.05. The van der Waals surface area contributed by atoms with E-state index >= 15 is 0 Å². The summed E-state index contributed by atoms with van der Waals surface area (Å²) in [6.07, 6.45) is 0. The van der Waals surface area contributed by atoms with Gasteiger partial charge in [-0.25, -0.2) is 4.79 Å². The Hall–Kier alpha value is -1.98. The average Bonchev–Trinajstić information content (AvgIpc) is 2.16. The lowest BCUT2D eigenvalue weighted by Gasteiger charge is -1.99. The maximum absolute atomic E-state index is 11.6. The lowest BCUT2D eigenvalue weighted by atomic mass is 10.3. The van der Waals surface area contributed by atoms with Crippen molar-refractivity contribution in [3.63, 3.8) is 0 Å². The van der Waals surface area contributed by atoms with Crippen LogP contribution in [0.5, 0.6) is 0 Å². The molecule has 6 heteroatoms. The summed E-state index contributed by atoms with van der Waals surface area (Å²) < 4.78 is 1.00. The van der Waals surface area contributed by atoms with Gasteiger partial charge in [0.25, 0.3) is 5.56 Å². The maximum atomic E-state index is 11.6. The molecule has 0 aliphatic rings. The molecule has 2 rings (SSSR count). The summed E-state index contributed by atoms with van der Waals surface area (Å²) in [5.41, 5.74) is 0.0211. The van der Waals surface area contributed by atoms with Crippen molar-refractivity contribution in [2.24, 2.45) is 7.05 Å². The van der Waals surface area contributed by atoms with Crippen LogP contribution in [0.4, 0.5) is 0 Å². The minimum absolute atomic E-state index is 0.226. The number of nitrogens with one attached hydrogen (secondary N) is 1. The highest BCUT2D eigenvalue weighted by Crippen LogP contribution is 2.00. The largest absolute Gasteiger partial charge is 0.329 e. The molecule has 0 bridgehead atoms. The Balaban J connectivity index is 3.07. The van der Waals surface area contributed by atoms with Gasteiger partial charge in [0.1, 0.15) is 0 Å². The molecule has 1 N–H and O–H groups in total. The molecule has 72 valence electrons. The third kappa shape index (κ3) is 1.12. The molecule has 0 saturated carbocycles. The summed E-state index contributed by atoms with van der Waals surface area (Å²) in [6, 6.07) is 1.60. The van der Waals surface area contributed by atoms with Crippen LogP contribution in [0.15, 0.2) is 15.7 Å². The number of aromatic amines is 1. The molecule has 2 aromatic rings. The fourth-order valence-corrected chi connectivity index (χ4v) is 1.20. The summed E-state index contributed by atoms with van der Waals surface area (Å²) in [6.45, 7) is 1.73. The minimum atomic E-state index is -0.486. The molecular weight excluding hydrogens is 184 g/mol. The molecule has 0 aliphatic heterocycles. The van der Waals surface area contributed by atoms with Crippen molar-refractivity contribution >= 4 is 11.0 Å². The third-order valence-electron chi connectivity index (χ3n) is 1.98. The van der Waals surface area contributed by atoms with E-state index in [0.717, 1.165) is 4.57 Å². The molecule has 0 fully saturated rings. The van der Waals surface area contributed by atoms with Crippen molar-refractivity contribution in [3.8, 4) is 0 Å². The van der Waals surface area contributed by atoms with Crippen LogP contribution in [0.25, 0.3) is 11.0 Å². The molecule has 0 radical (unpaired) electrons. The van der Waals surface area contributed by atoms with Gasteiger partial charge in [0.2, 0.25) is 0 Å². The standard InChI is InChI=1S/C8H8N4O2/c1-4-3-5-6(11-10-4)9-8(14)12(2)7(5)13/h3H,1-2H3,(H,9,11,14). The maximum Gasteiger partial charge on any atom is 0.329 e. The van der Waals surface area contributed by atoms with Crippen LogP contribution >= 0.6 is 0 Å². The Morgan fingerprint density at radius 1 is 1.36 bits per heavy atom. The van der Waals surface area contributed by atoms with Crippen LogP contribution < -0.4 is 11.2 Å². The number of aromatic nitrogens is 4. The summed E-state index contributed by atoms with van der Waals surface area (Å²) in [5.74, 6) is 0.